The van der Waals surface area contributed by atoms with Crippen LogP contribution in [0.1, 0.15) is 22.3 Å². The SMILES string of the molecule is COc1cccc(CCCNc2ccc(C(=O)N3CCOCC3)cn2)c1. The van der Waals surface area contributed by atoms with Crippen molar-refractivity contribution in [3.63, 3.8) is 0 Å². The Morgan fingerprint density at radius 2 is 2.12 bits per heavy atom. The smallest absolute Gasteiger partial charge is 0.255 e. The highest BCUT2D eigenvalue weighted by Crippen LogP contribution is 2.14. The van der Waals surface area contributed by atoms with Crippen LogP contribution in [-0.4, -0.2) is 55.7 Å². The van der Waals surface area contributed by atoms with Crippen molar-refractivity contribution in [2.75, 3.05) is 45.3 Å². The lowest BCUT2D eigenvalue weighted by Gasteiger charge is -2.26. The van der Waals surface area contributed by atoms with E-state index < -0.39 is 0 Å². The number of ether oxygens (including phenoxy) is 2. The molecule has 3 rings (SSSR count). The minimum atomic E-state index is 0.0189. The zero-order chi connectivity index (χ0) is 18.2. The first-order valence-electron chi connectivity index (χ1n) is 8.96. The maximum Gasteiger partial charge on any atom is 0.255 e. The Kier molecular flexibility index (Phi) is 6.44. The van der Waals surface area contributed by atoms with Crippen LogP contribution in [0.15, 0.2) is 42.6 Å². The molecule has 1 saturated heterocycles. The van der Waals surface area contributed by atoms with Gasteiger partial charge in [-0.15, -0.1) is 0 Å². The van der Waals surface area contributed by atoms with Gasteiger partial charge in [-0.05, 0) is 42.7 Å². The summed E-state index contributed by atoms with van der Waals surface area (Å²) in [7, 11) is 1.68. The third-order valence-corrected chi connectivity index (χ3v) is 4.39. The third-order valence-electron chi connectivity index (χ3n) is 4.39. The van der Waals surface area contributed by atoms with Crippen molar-refractivity contribution < 1.29 is 14.3 Å². The highest BCUT2D eigenvalue weighted by Gasteiger charge is 2.18. The normalized spacial score (nSPS) is 14.1. The zero-order valence-corrected chi connectivity index (χ0v) is 15.1. The van der Waals surface area contributed by atoms with Gasteiger partial charge in [-0.1, -0.05) is 12.1 Å². The monoisotopic (exact) mass is 355 g/mol. The van der Waals surface area contributed by atoms with Gasteiger partial charge in [0.1, 0.15) is 11.6 Å². The molecule has 1 fully saturated rings. The number of amides is 1. The number of benzene rings is 1. The highest BCUT2D eigenvalue weighted by atomic mass is 16.5. The Hall–Kier alpha value is -2.60. The van der Waals surface area contributed by atoms with E-state index in [9.17, 15) is 4.79 Å². The molecule has 1 amide bonds. The van der Waals surface area contributed by atoms with Gasteiger partial charge in [0.05, 0.1) is 25.9 Å². The van der Waals surface area contributed by atoms with Crippen molar-refractivity contribution in [3.8, 4) is 5.75 Å². The minimum Gasteiger partial charge on any atom is -0.497 e. The Morgan fingerprint density at radius 3 is 2.85 bits per heavy atom. The van der Waals surface area contributed by atoms with Crippen LogP contribution in [-0.2, 0) is 11.2 Å². The second kappa shape index (κ2) is 9.20. The summed E-state index contributed by atoms with van der Waals surface area (Å²) in [6.45, 7) is 3.31. The summed E-state index contributed by atoms with van der Waals surface area (Å²) < 4.78 is 10.5. The molecule has 1 N–H and O–H groups in total. The fraction of sp³-hybridized carbons (Fsp3) is 0.400. The first-order chi connectivity index (χ1) is 12.8. The Morgan fingerprint density at radius 1 is 1.27 bits per heavy atom. The first-order valence-corrected chi connectivity index (χ1v) is 8.96. The fourth-order valence-electron chi connectivity index (χ4n) is 2.91. The quantitative estimate of drug-likeness (QED) is 0.774. The third kappa shape index (κ3) is 4.95. The molecule has 0 atom stereocenters. The molecule has 0 saturated carbocycles. The van der Waals surface area contributed by atoms with Crippen LogP contribution >= 0.6 is 0 Å². The molecule has 0 aliphatic carbocycles. The molecule has 1 aromatic heterocycles. The number of hydrogen-bond acceptors (Lipinski definition) is 5. The topological polar surface area (TPSA) is 63.7 Å². The summed E-state index contributed by atoms with van der Waals surface area (Å²) in [5.74, 6) is 1.69. The number of hydrogen-bond donors (Lipinski definition) is 1. The number of aromatic nitrogens is 1. The largest absolute Gasteiger partial charge is 0.497 e. The maximum absolute atomic E-state index is 12.4. The molecular weight excluding hydrogens is 330 g/mol. The first kappa shape index (κ1) is 18.2. The summed E-state index contributed by atoms with van der Waals surface area (Å²) in [5.41, 5.74) is 1.87. The number of aryl methyl sites for hydroxylation is 1. The number of methoxy groups -OCH3 is 1. The lowest BCUT2D eigenvalue weighted by molar-refractivity contribution is 0.0302. The lowest BCUT2D eigenvalue weighted by Crippen LogP contribution is -2.40. The number of rotatable bonds is 7. The Balaban J connectivity index is 1.44. The molecule has 2 aromatic rings. The number of carbonyl (C=O) groups is 1. The van der Waals surface area contributed by atoms with Crippen LogP contribution in [0.4, 0.5) is 5.82 Å². The summed E-state index contributed by atoms with van der Waals surface area (Å²) in [6.07, 6.45) is 3.60. The maximum atomic E-state index is 12.4. The average Bonchev–Trinajstić information content (AvgIpc) is 2.72. The molecule has 6 nitrogen and oxygen atoms in total. The van der Waals surface area contributed by atoms with Gasteiger partial charge in [-0.2, -0.15) is 0 Å². The van der Waals surface area contributed by atoms with Crippen LogP contribution < -0.4 is 10.1 Å². The van der Waals surface area contributed by atoms with Crippen molar-refractivity contribution >= 4 is 11.7 Å². The summed E-state index contributed by atoms with van der Waals surface area (Å²) in [4.78, 5) is 18.5. The number of nitrogens with zero attached hydrogens (tertiary/aromatic N) is 2. The number of pyridine rings is 1. The van der Waals surface area contributed by atoms with Crippen molar-refractivity contribution in [2.24, 2.45) is 0 Å². The standard InChI is InChI=1S/C20H25N3O3/c1-25-18-6-2-4-16(14-18)5-3-9-21-19-8-7-17(15-22-19)20(24)23-10-12-26-13-11-23/h2,4,6-8,14-15H,3,5,9-13H2,1H3,(H,21,22). The van der Waals surface area contributed by atoms with Crippen molar-refractivity contribution in [1.82, 2.24) is 9.88 Å². The van der Waals surface area contributed by atoms with Gasteiger partial charge in [0.15, 0.2) is 0 Å². The fourth-order valence-corrected chi connectivity index (χ4v) is 2.91. The second-order valence-electron chi connectivity index (χ2n) is 6.22. The van der Waals surface area contributed by atoms with Gasteiger partial charge in [0.2, 0.25) is 0 Å². The van der Waals surface area contributed by atoms with Crippen LogP contribution in [0.5, 0.6) is 5.75 Å². The van der Waals surface area contributed by atoms with Crippen LogP contribution in [0, 0.1) is 0 Å². The van der Waals surface area contributed by atoms with Gasteiger partial charge in [-0.3, -0.25) is 4.79 Å². The number of morpholine rings is 1. The van der Waals surface area contributed by atoms with Gasteiger partial charge >= 0.3 is 0 Å². The van der Waals surface area contributed by atoms with E-state index in [2.05, 4.69) is 22.4 Å². The average molecular weight is 355 g/mol. The highest BCUT2D eigenvalue weighted by molar-refractivity contribution is 5.94. The zero-order valence-electron chi connectivity index (χ0n) is 15.1. The molecule has 0 radical (unpaired) electrons. The molecule has 0 unspecified atom stereocenters. The lowest BCUT2D eigenvalue weighted by atomic mass is 10.1. The summed E-state index contributed by atoms with van der Waals surface area (Å²) >= 11 is 0. The van der Waals surface area contributed by atoms with E-state index in [0.717, 1.165) is 31.0 Å². The van der Waals surface area contributed by atoms with Gasteiger partial charge in [-0.25, -0.2) is 4.98 Å². The van der Waals surface area contributed by atoms with Crippen LogP contribution in [0.3, 0.4) is 0 Å². The van der Waals surface area contributed by atoms with Gasteiger partial charge in [0.25, 0.3) is 5.91 Å². The van der Waals surface area contributed by atoms with Crippen molar-refractivity contribution in [1.29, 1.82) is 0 Å². The van der Waals surface area contributed by atoms with Gasteiger partial charge < -0.3 is 19.7 Å². The second-order valence-corrected chi connectivity index (χ2v) is 6.22. The predicted octanol–water partition coefficient (Wildman–Crippen LogP) is 2.61. The summed E-state index contributed by atoms with van der Waals surface area (Å²) in [5, 5.41) is 3.30. The molecule has 2 heterocycles. The molecule has 6 heteroatoms. The van der Waals surface area contributed by atoms with E-state index in [-0.39, 0.29) is 5.91 Å². The molecule has 0 bridgehead atoms. The van der Waals surface area contributed by atoms with E-state index >= 15 is 0 Å². The number of nitrogens with one attached hydrogen (secondary N) is 1. The van der Waals surface area contributed by atoms with Crippen LogP contribution in [0.2, 0.25) is 0 Å². The Labute approximate surface area is 154 Å². The molecule has 26 heavy (non-hydrogen) atoms. The van der Waals surface area contributed by atoms with E-state index in [1.54, 1.807) is 13.3 Å². The van der Waals surface area contributed by atoms with Crippen molar-refractivity contribution in [3.05, 3.63) is 53.7 Å². The predicted molar refractivity (Wildman–Crippen MR) is 101 cm³/mol. The molecule has 1 aromatic carbocycles. The van der Waals surface area contributed by atoms with E-state index in [1.807, 2.05) is 29.2 Å². The van der Waals surface area contributed by atoms with E-state index in [4.69, 9.17) is 9.47 Å². The number of carbonyl (C=O) groups excluding carboxylic acids is 1. The molecule has 1 aliphatic rings. The van der Waals surface area contributed by atoms with Gasteiger partial charge in [0, 0.05) is 25.8 Å². The van der Waals surface area contributed by atoms with E-state index in [1.165, 1.54) is 5.56 Å². The molecular formula is C20H25N3O3. The van der Waals surface area contributed by atoms with Crippen molar-refractivity contribution in [2.45, 2.75) is 12.8 Å². The van der Waals surface area contributed by atoms with E-state index in [0.29, 0.717) is 31.9 Å². The molecule has 138 valence electrons. The number of anilines is 1. The molecule has 1 aliphatic heterocycles. The Bertz CT molecular complexity index is 712. The minimum absolute atomic E-state index is 0.0189. The van der Waals surface area contributed by atoms with Crippen LogP contribution in [0.25, 0.3) is 0 Å². The summed E-state index contributed by atoms with van der Waals surface area (Å²) in [6, 6.07) is 11.8. The molecule has 0 spiro atoms.